The Hall–Kier alpha value is -1.62. The van der Waals surface area contributed by atoms with Crippen molar-refractivity contribution >= 4 is 34.1 Å². The monoisotopic (exact) mass is 337 g/mol. The number of hydrogen-bond donors (Lipinski definition) is 1. The molecule has 0 fully saturated rings. The van der Waals surface area contributed by atoms with E-state index in [1.165, 1.54) is 11.3 Å². The Balaban J connectivity index is 1.88. The van der Waals surface area contributed by atoms with Gasteiger partial charge in [-0.15, -0.1) is 21.5 Å². The maximum absolute atomic E-state index is 12.3. The Morgan fingerprint density at radius 2 is 2.29 bits per heavy atom. The number of anilines is 1. The van der Waals surface area contributed by atoms with E-state index < -0.39 is 12.7 Å². The van der Waals surface area contributed by atoms with Gasteiger partial charge in [0.2, 0.25) is 5.91 Å². The molecule has 0 saturated heterocycles. The number of carbonyl (C=O) groups excluding carboxylic acids is 1. The van der Waals surface area contributed by atoms with Crippen LogP contribution in [0.25, 0.3) is 0 Å². The standard InChI is InChI=1S/C10H10F3N5OS2/c1-6-2-20-8(15-6)16-7(19)3-21-9-17-14-5-18(9)4-10(11,12)13/h2,5H,3-4H2,1H3,(H,15,16,19). The van der Waals surface area contributed by atoms with E-state index in [9.17, 15) is 18.0 Å². The Morgan fingerprint density at radius 1 is 1.52 bits per heavy atom. The van der Waals surface area contributed by atoms with Crippen molar-refractivity contribution in [3.05, 3.63) is 17.4 Å². The van der Waals surface area contributed by atoms with Crippen LogP contribution in [0.1, 0.15) is 5.69 Å². The summed E-state index contributed by atoms with van der Waals surface area (Å²) in [6.45, 7) is 0.607. The summed E-state index contributed by atoms with van der Waals surface area (Å²) in [6, 6.07) is 0. The molecule has 114 valence electrons. The van der Waals surface area contributed by atoms with Gasteiger partial charge in [0.15, 0.2) is 10.3 Å². The smallest absolute Gasteiger partial charge is 0.301 e. The predicted octanol–water partition coefficient (Wildman–Crippen LogP) is 2.34. The van der Waals surface area contributed by atoms with E-state index in [-0.39, 0.29) is 16.8 Å². The van der Waals surface area contributed by atoms with Gasteiger partial charge in [0.1, 0.15) is 12.9 Å². The van der Waals surface area contributed by atoms with Crippen LogP contribution >= 0.6 is 23.1 Å². The van der Waals surface area contributed by atoms with Crippen LogP contribution in [0.2, 0.25) is 0 Å². The van der Waals surface area contributed by atoms with E-state index in [1.807, 2.05) is 0 Å². The number of aromatic nitrogens is 4. The Morgan fingerprint density at radius 3 is 2.90 bits per heavy atom. The van der Waals surface area contributed by atoms with Gasteiger partial charge in [-0.25, -0.2) is 4.98 Å². The summed E-state index contributed by atoms with van der Waals surface area (Å²) in [5, 5.41) is 11.8. The molecule has 2 heterocycles. The largest absolute Gasteiger partial charge is 0.406 e. The third kappa shape index (κ3) is 5.01. The highest BCUT2D eigenvalue weighted by Crippen LogP contribution is 2.22. The van der Waals surface area contributed by atoms with Gasteiger partial charge >= 0.3 is 6.18 Å². The zero-order chi connectivity index (χ0) is 15.5. The fourth-order valence-electron chi connectivity index (χ4n) is 1.35. The topological polar surface area (TPSA) is 72.7 Å². The van der Waals surface area contributed by atoms with Crippen molar-refractivity contribution in [2.24, 2.45) is 0 Å². The number of hydrogen-bond acceptors (Lipinski definition) is 6. The molecule has 21 heavy (non-hydrogen) atoms. The summed E-state index contributed by atoms with van der Waals surface area (Å²) in [4.78, 5) is 15.7. The quantitative estimate of drug-likeness (QED) is 0.848. The fourth-order valence-corrected chi connectivity index (χ4v) is 2.77. The second-order valence-electron chi connectivity index (χ2n) is 3.99. The third-order valence-corrected chi connectivity index (χ3v) is 3.98. The van der Waals surface area contributed by atoms with Crippen molar-refractivity contribution in [1.82, 2.24) is 19.7 Å². The molecule has 2 aromatic rings. The maximum Gasteiger partial charge on any atom is 0.406 e. The van der Waals surface area contributed by atoms with Crippen LogP contribution in [0.15, 0.2) is 16.9 Å². The zero-order valence-corrected chi connectivity index (χ0v) is 12.3. The molecule has 0 bridgehead atoms. The molecule has 0 aromatic carbocycles. The predicted molar refractivity (Wildman–Crippen MR) is 72.3 cm³/mol. The van der Waals surface area contributed by atoms with Crippen LogP contribution in [0.5, 0.6) is 0 Å². The summed E-state index contributed by atoms with van der Waals surface area (Å²) in [5.41, 5.74) is 0.785. The number of nitrogens with one attached hydrogen (secondary N) is 1. The highest BCUT2D eigenvalue weighted by molar-refractivity contribution is 7.99. The molecule has 0 spiro atoms. The molecule has 2 rings (SSSR count). The number of thiazole rings is 1. The van der Waals surface area contributed by atoms with E-state index in [0.717, 1.165) is 28.4 Å². The lowest BCUT2D eigenvalue weighted by Crippen LogP contribution is -2.18. The van der Waals surface area contributed by atoms with Gasteiger partial charge in [-0.05, 0) is 6.92 Å². The average molecular weight is 337 g/mol. The van der Waals surface area contributed by atoms with Crippen molar-refractivity contribution in [3.63, 3.8) is 0 Å². The van der Waals surface area contributed by atoms with E-state index in [0.29, 0.717) is 5.13 Å². The first-order valence-corrected chi connectivity index (χ1v) is 7.49. The average Bonchev–Trinajstić information content (AvgIpc) is 2.94. The van der Waals surface area contributed by atoms with E-state index >= 15 is 0 Å². The molecule has 6 nitrogen and oxygen atoms in total. The van der Waals surface area contributed by atoms with Crippen LogP contribution in [0.3, 0.4) is 0 Å². The lowest BCUT2D eigenvalue weighted by molar-refractivity contribution is -0.142. The third-order valence-electron chi connectivity index (χ3n) is 2.13. The van der Waals surface area contributed by atoms with E-state index in [2.05, 4.69) is 20.5 Å². The number of alkyl halides is 3. The van der Waals surface area contributed by atoms with Gasteiger partial charge in [-0.1, -0.05) is 11.8 Å². The van der Waals surface area contributed by atoms with Crippen LogP contribution in [0.4, 0.5) is 18.3 Å². The molecular formula is C10H10F3N5OS2. The van der Waals surface area contributed by atoms with E-state index in [4.69, 9.17) is 0 Å². The first-order valence-electron chi connectivity index (χ1n) is 5.63. The van der Waals surface area contributed by atoms with Gasteiger partial charge in [0.05, 0.1) is 11.4 Å². The second-order valence-corrected chi connectivity index (χ2v) is 5.79. The van der Waals surface area contributed by atoms with Crippen molar-refractivity contribution in [3.8, 4) is 0 Å². The molecule has 0 aliphatic carbocycles. The van der Waals surface area contributed by atoms with Crippen molar-refractivity contribution in [2.75, 3.05) is 11.1 Å². The normalized spacial score (nSPS) is 11.6. The molecule has 0 radical (unpaired) electrons. The molecule has 0 aliphatic heterocycles. The molecule has 11 heteroatoms. The SMILES string of the molecule is Cc1csc(NC(=O)CSc2nncn2CC(F)(F)F)n1. The summed E-state index contributed by atoms with van der Waals surface area (Å²) >= 11 is 2.16. The number of halogens is 3. The molecule has 0 aliphatic rings. The molecule has 1 N–H and O–H groups in total. The van der Waals surface area contributed by atoms with E-state index in [1.54, 1.807) is 12.3 Å². The number of rotatable bonds is 5. The van der Waals surface area contributed by atoms with Crippen molar-refractivity contribution in [1.29, 1.82) is 0 Å². The number of nitrogens with zero attached hydrogens (tertiary/aromatic N) is 4. The second kappa shape index (κ2) is 6.43. The van der Waals surface area contributed by atoms with Gasteiger partial charge in [0.25, 0.3) is 0 Å². The minimum atomic E-state index is -4.36. The van der Waals surface area contributed by atoms with Crippen molar-refractivity contribution in [2.45, 2.75) is 24.8 Å². The molecular weight excluding hydrogens is 327 g/mol. The summed E-state index contributed by atoms with van der Waals surface area (Å²) in [5.74, 6) is -0.439. The lowest BCUT2D eigenvalue weighted by Gasteiger charge is -2.08. The van der Waals surface area contributed by atoms with Crippen LogP contribution in [-0.4, -0.2) is 37.6 Å². The van der Waals surface area contributed by atoms with Crippen LogP contribution in [0, 0.1) is 6.92 Å². The molecule has 0 atom stereocenters. The van der Waals surface area contributed by atoms with Gasteiger partial charge in [0, 0.05) is 5.38 Å². The molecule has 1 amide bonds. The number of amides is 1. The van der Waals surface area contributed by atoms with Gasteiger partial charge in [-0.3, -0.25) is 9.36 Å². The fraction of sp³-hybridized carbons (Fsp3) is 0.400. The summed E-state index contributed by atoms with van der Waals surface area (Å²) < 4.78 is 37.8. The van der Waals surface area contributed by atoms with Gasteiger partial charge < -0.3 is 5.32 Å². The lowest BCUT2D eigenvalue weighted by atomic mass is 10.6. The minimum absolute atomic E-state index is 0.0396. The highest BCUT2D eigenvalue weighted by atomic mass is 32.2. The zero-order valence-electron chi connectivity index (χ0n) is 10.7. The Labute approximate surface area is 125 Å². The number of thioether (sulfide) groups is 1. The Bertz CT molecular complexity index is 624. The summed E-state index contributed by atoms with van der Waals surface area (Å²) in [7, 11) is 0. The van der Waals surface area contributed by atoms with Crippen LogP contribution < -0.4 is 5.32 Å². The first kappa shape index (κ1) is 15.8. The van der Waals surface area contributed by atoms with Gasteiger partial charge in [-0.2, -0.15) is 13.2 Å². The molecule has 0 unspecified atom stereocenters. The molecule has 2 aromatic heterocycles. The Kier molecular flexibility index (Phi) is 4.83. The number of aryl methyl sites for hydroxylation is 1. The first-order chi connectivity index (χ1) is 9.83. The highest BCUT2D eigenvalue weighted by Gasteiger charge is 2.29. The van der Waals surface area contributed by atoms with Crippen molar-refractivity contribution < 1.29 is 18.0 Å². The molecule has 0 saturated carbocycles. The minimum Gasteiger partial charge on any atom is -0.301 e. The maximum atomic E-state index is 12.3. The van der Waals surface area contributed by atoms with Crippen LogP contribution in [-0.2, 0) is 11.3 Å². The number of carbonyl (C=O) groups is 1. The summed E-state index contributed by atoms with van der Waals surface area (Å²) in [6.07, 6.45) is -3.38.